The summed E-state index contributed by atoms with van der Waals surface area (Å²) in [6.07, 6.45) is 4.69. The Morgan fingerprint density at radius 1 is 1.24 bits per heavy atom. The average Bonchev–Trinajstić information content (AvgIpc) is 3.39. The first-order chi connectivity index (χ1) is 12.3. The van der Waals surface area contributed by atoms with E-state index in [0.29, 0.717) is 0 Å². The minimum atomic E-state index is 0.828. The van der Waals surface area contributed by atoms with E-state index in [1.54, 1.807) is 0 Å². The van der Waals surface area contributed by atoms with Crippen LogP contribution in [0, 0.1) is 12.8 Å². The van der Waals surface area contributed by atoms with Crippen LogP contribution >= 0.6 is 0 Å². The fourth-order valence-corrected chi connectivity index (χ4v) is 3.10. The highest BCUT2D eigenvalue weighted by Gasteiger charge is 2.20. The van der Waals surface area contributed by atoms with Crippen molar-refractivity contribution in [3.63, 3.8) is 0 Å². The topological polar surface area (TPSA) is 61.4 Å². The molecule has 3 rings (SSSR count). The van der Waals surface area contributed by atoms with Gasteiger partial charge in [0.15, 0.2) is 5.96 Å². The van der Waals surface area contributed by atoms with Crippen LogP contribution in [-0.4, -0.2) is 44.3 Å². The zero-order chi connectivity index (χ0) is 17.5. The van der Waals surface area contributed by atoms with Gasteiger partial charge in [0.2, 0.25) is 0 Å². The molecule has 0 amide bonds. The van der Waals surface area contributed by atoms with Crippen molar-refractivity contribution in [1.29, 1.82) is 0 Å². The van der Waals surface area contributed by atoms with Crippen LogP contribution in [0.1, 0.15) is 30.5 Å². The lowest BCUT2D eigenvalue weighted by atomic mass is 10.1. The van der Waals surface area contributed by atoms with Gasteiger partial charge in [-0.3, -0.25) is 4.99 Å². The van der Waals surface area contributed by atoms with Crippen LogP contribution in [0.4, 0.5) is 0 Å². The highest BCUT2D eigenvalue weighted by Crippen LogP contribution is 2.28. The molecule has 1 fully saturated rings. The minimum absolute atomic E-state index is 0.828. The van der Waals surface area contributed by atoms with E-state index in [0.717, 1.165) is 51.0 Å². The molecule has 1 heterocycles. The Morgan fingerprint density at radius 3 is 2.84 bits per heavy atom. The van der Waals surface area contributed by atoms with Gasteiger partial charge < -0.3 is 20.4 Å². The van der Waals surface area contributed by atoms with E-state index in [9.17, 15) is 0 Å². The number of nitrogens with one attached hydrogen (secondary N) is 3. The number of aliphatic imine (C=N–C) groups is 1. The molecule has 5 heteroatoms. The van der Waals surface area contributed by atoms with Gasteiger partial charge in [-0.1, -0.05) is 18.2 Å². The van der Waals surface area contributed by atoms with Gasteiger partial charge in [0.1, 0.15) is 0 Å². The van der Waals surface area contributed by atoms with E-state index >= 15 is 0 Å². The molecule has 0 saturated heterocycles. The highest BCUT2D eigenvalue weighted by molar-refractivity contribution is 5.84. The molecule has 1 aliphatic rings. The Hall–Kier alpha value is -2.01. The van der Waals surface area contributed by atoms with E-state index in [-0.39, 0.29) is 0 Å². The van der Waals surface area contributed by atoms with Gasteiger partial charge in [-0.2, -0.15) is 0 Å². The molecule has 25 heavy (non-hydrogen) atoms. The Balaban J connectivity index is 1.36. The number of aryl methyl sites for hydroxylation is 1. The summed E-state index contributed by atoms with van der Waals surface area (Å²) in [5.74, 6) is 1.70. The molecule has 0 aliphatic heterocycles. The molecule has 1 aromatic carbocycles. The standard InChI is InChI=1S/C20H30N4O/c1-15-17(18-6-3-4-7-19(18)24-15)10-12-23-20(21-2)22-11-5-13-25-14-16-8-9-16/h3-4,6-7,16,24H,5,8-14H2,1-2H3,(H2,21,22,23). The van der Waals surface area contributed by atoms with Gasteiger partial charge in [-0.15, -0.1) is 0 Å². The summed E-state index contributed by atoms with van der Waals surface area (Å²) in [5.41, 5.74) is 3.84. The SMILES string of the molecule is CN=C(NCCCOCC1CC1)NCCc1c(C)[nH]c2ccccc12. The van der Waals surface area contributed by atoms with Gasteiger partial charge in [0.05, 0.1) is 0 Å². The number of benzene rings is 1. The monoisotopic (exact) mass is 342 g/mol. The number of aromatic nitrogens is 1. The summed E-state index contributed by atoms with van der Waals surface area (Å²) in [4.78, 5) is 7.75. The van der Waals surface area contributed by atoms with Crippen molar-refractivity contribution in [3.8, 4) is 0 Å². The summed E-state index contributed by atoms with van der Waals surface area (Å²) in [7, 11) is 1.82. The van der Waals surface area contributed by atoms with Crippen LogP contribution < -0.4 is 10.6 Å². The number of nitrogens with zero attached hydrogens (tertiary/aromatic N) is 1. The summed E-state index contributed by atoms with van der Waals surface area (Å²) in [6, 6.07) is 8.48. The number of aromatic amines is 1. The van der Waals surface area contributed by atoms with Gasteiger partial charge in [0, 0.05) is 49.9 Å². The number of ether oxygens (including phenoxy) is 1. The first-order valence-electron chi connectivity index (χ1n) is 9.36. The quantitative estimate of drug-likeness (QED) is 0.373. The zero-order valence-corrected chi connectivity index (χ0v) is 15.4. The van der Waals surface area contributed by atoms with Crippen LogP contribution in [0.15, 0.2) is 29.3 Å². The number of hydrogen-bond donors (Lipinski definition) is 3. The van der Waals surface area contributed by atoms with Gasteiger partial charge in [0.25, 0.3) is 0 Å². The van der Waals surface area contributed by atoms with E-state index in [4.69, 9.17) is 4.74 Å². The number of H-pyrrole nitrogens is 1. The Labute approximate surface area is 150 Å². The van der Waals surface area contributed by atoms with Gasteiger partial charge in [-0.25, -0.2) is 0 Å². The summed E-state index contributed by atoms with van der Waals surface area (Å²) in [6.45, 7) is 5.66. The second kappa shape index (κ2) is 8.90. The minimum Gasteiger partial charge on any atom is -0.381 e. The normalized spacial score (nSPS) is 14.9. The van der Waals surface area contributed by atoms with Crippen LogP contribution in [0.3, 0.4) is 0 Å². The van der Waals surface area contributed by atoms with Crippen LogP contribution in [0.2, 0.25) is 0 Å². The molecule has 1 aliphatic carbocycles. The third-order valence-corrected chi connectivity index (χ3v) is 4.73. The lowest BCUT2D eigenvalue weighted by Crippen LogP contribution is -2.39. The first kappa shape index (κ1) is 17.8. The van der Waals surface area contributed by atoms with Crippen molar-refractivity contribution in [3.05, 3.63) is 35.5 Å². The number of fused-ring (bicyclic) bond motifs is 1. The second-order valence-electron chi connectivity index (χ2n) is 6.82. The lowest BCUT2D eigenvalue weighted by Gasteiger charge is -2.12. The van der Waals surface area contributed by atoms with Crippen molar-refractivity contribution in [2.75, 3.05) is 33.4 Å². The van der Waals surface area contributed by atoms with Crippen molar-refractivity contribution in [2.45, 2.75) is 32.6 Å². The Bertz CT molecular complexity index is 703. The maximum absolute atomic E-state index is 5.65. The molecule has 136 valence electrons. The van der Waals surface area contributed by atoms with Crippen molar-refractivity contribution < 1.29 is 4.74 Å². The predicted molar refractivity (Wildman–Crippen MR) is 104 cm³/mol. The molecule has 3 N–H and O–H groups in total. The third-order valence-electron chi connectivity index (χ3n) is 4.73. The Kier molecular flexibility index (Phi) is 6.34. The van der Waals surface area contributed by atoms with E-state index in [1.165, 1.54) is 35.0 Å². The third kappa shape index (κ3) is 5.23. The van der Waals surface area contributed by atoms with Gasteiger partial charge in [-0.05, 0) is 50.2 Å². The zero-order valence-electron chi connectivity index (χ0n) is 15.4. The van der Waals surface area contributed by atoms with E-state index in [2.05, 4.69) is 51.8 Å². The predicted octanol–water partition coefficient (Wildman–Crippen LogP) is 3.00. The van der Waals surface area contributed by atoms with Crippen LogP contribution in [0.5, 0.6) is 0 Å². The fraction of sp³-hybridized carbons (Fsp3) is 0.550. The number of hydrogen-bond acceptors (Lipinski definition) is 2. The van der Waals surface area contributed by atoms with Crippen molar-refractivity contribution in [1.82, 2.24) is 15.6 Å². The molecule has 5 nitrogen and oxygen atoms in total. The molecule has 0 unspecified atom stereocenters. The average molecular weight is 342 g/mol. The smallest absolute Gasteiger partial charge is 0.190 e. The molecule has 0 bridgehead atoms. The molecular formula is C20H30N4O. The highest BCUT2D eigenvalue weighted by atomic mass is 16.5. The van der Waals surface area contributed by atoms with E-state index in [1.807, 2.05) is 7.05 Å². The molecule has 1 saturated carbocycles. The second-order valence-corrected chi connectivity index (χ2v) is 6.82. The van der Waals surface area contributed by atoms with Crippen LogP contribution in [-0.2, 0) is 11.2 Å². The maximum Gasteiger partial charge on any atom is 0.190 e. The molecular weight excluding hydrogens is 312 g/mol. The fourth-order valence-electron chi connectivity index (χ4n) is 3.10. The summed E-state index contributed by atoms with van der Waals surface area (Å²) >= 11 is 0. The molecule has 2 aromatic rings. The largest absolute Gasteiger partial charge is 0.381 e. The number of rotatable bonds is 9. The molecule has 0 spiro atoms. The van der Waals surface area contributed by atoms with E-state index < -0.39 is 0 Å². The van der Waals surface area contributed by atoms with Crippen LogP contribution in [0.25, 0.3) is 10.9 Å². The number of guanidine groups is 1. The molecule has 0 atom stereocenters. The number of para-hydroxylation sites is 1. The Morgan fingerprint density at radius 2 is 2.04 bits per heavy atom. The lowest BCUT2D eigenvalue weighted by molar-refractivity contribution is 0.123. The van der Waals surface area contributed by atoms with Crippen molar-refractivity contribution >= 4 is 16.9 Å². The molecule has 1 aromatic heterocycles. The summed E-state index contributed by atoms with van der Waals surface area (Å²) < 4.78 is 5.65. The molecule has 0 radical (unpaired) electrons. The maximum atomic E-state index is 5.65. The first-order valence-corrected chi connectivity index (χ1v) is 9.36. The summed E-state index contributed by atoms with van der Waals surface area (Å²) in [5, 5.41) is 8.08. The van der Waals surface area contributed by atoms with Gasteiger partial charge >= 0.3 is 0 Å². The van der Waals surface area contributed by atoms with Crippen molar-refractivity contribution in [2.24, 2.45) is 10.9 Å².